The zero-order valence-corrected chi connectivity index (χ0v) is 11.8. The monoisotopic (exact) mass is 278 g/mol. The highest BCUT2D eigenvalue weighted by atomic mass is 15.1. The number of aromatic amines is 1. The van der Waals surface area contributed by atoms with E-state index in [-0.39, 0.29) is 0 Å². The molecule has 4 heterocycles. The summed E-state index contributed by atoms with van der Waals surface area (Å²) in [5.74, 6) is 0.684. The molecule has 0 saturated heterocycles. The summed E-state index contributed by atoms with van der Waals surface area (Å²) in [7, 11) is 0. The van der Waals surface area contributed by atoms with Gasteiger partial charge in [0.25, 0.3) is 0 Å². The van der Waals surface area contributed by atoms with E-state index in [1.165, 1.54) is 6.33 Å². The molecule has 0 unspecified atom stereocenters. The van der Waals surface area contributed by atoms with Gasteiger partial charge in [-0.2, -0.15) is 0 Å². The summed E-state index contributed by atoms with van der Waals surface area (Å²) in [6, 6.07) is 2.40. The number of nitrogens with one attached hydrogen (secondary N) is 1. The molecule has 0 aliphatic rings. The average Bonchev–Trinajstić information content (AvgIpc) is 3.10. The lowest BCUT2D eigenvalue weighted by atomic mass is 10.2. The Bertz CT molecular complexity index is 934. The largest absolute Gasteiger partial charge is 0.345 e. The topological polar surface area (TPSA) is 72.3 Å². The van der Waals surface area contributed by atoms with E-state index in [1.807, 2.05) is 24.7 Å². The summed E-state index contributed by atoms with van der Waals surface area (Å²) in [6.07, 6.45) is 9.09. The first-order valence-electron chi connectivity index (χ1n) is 6.85. The van der Waals surface area contributed by atoms with Crippen molar-refractivity contribution >= 4 is 22.1 Å². The molecule has 0 aliphatic heterocycles. The highest BCUT2D eigenvalue weighted by Gasteiger charge is 2.12. The van der Waals surface area contributed by atoms with Gasteiger partial charge in [0, 0.05) is 47.2 Å². The zero-order chi connectivity index (χ0) is 14.4. The fourth-order valence-corrected chi connectivity index (χ4v) is 2.53. The maximum Gasteiger partial charge on any atom is 0.163 e. The fraction of sp³-hybridized carbons (Fsp3) is 0.200. The fourth-order valence-electron chi connectivity index (χ4n) is 2.53. The van der Waals surface area contributed by atoms with Gasteiger partial charge in [-0.25, -0.2) is 19.9 Å². The van der Waals surface area contributed by atoms with Crippen LogP contribution in [0.3, 0.4) is 0 Å². The van der Waals surface area contributed by atoms with Gasteiger partial charge >= 0.3 is 0 Å². The number of hydrogen-bond donors (Lipinski definition) is 1. The number of nitrogens with zero attached hydrogens (tertiary/aromatic N) is 5. The minimum Gasteiger partial charge on any atom is -0.345 e. The smallest absolute Gasteiger partial charge is 0.163 e. The van der Waals surface area contributed by atoms with Crippen molar-refractivity contribution in [3.8, 4) is 11.4 Å². The molecule has 0 radical (unpaired) electrons. The Labute approximate surface area is 120 Å². The third-order valence-electron chi connectivity index (χ3n) is 3.61. The summed E-state index contributed by atoms with van der Waals surface area (Å²) in [5.41, 5.74) is 2.66. The zero-order valence-electron chi connectivity index (χ0n) is 11.8. The van der Waals surface area contributed by atoms with Gasteiger partial charge in [0.2, 0.25) is 0 Å². The minimum atomic E-state index is 0.358. The van der Waals surface area contributed by atoms with E-state index in [1.54, 1.807) is 6.20 Å². The van der Waals surface area contributed by atoms with Gasteiger partial charge in [0.15, 0.2) is 5.82 Å². The van der Waals surface area contributed by atoms with Crippen LogP contribution in [0.15, 0.2) is 37.2 Å². The number of aromatic nitrogens is 6. The van der Waals surface area contributed by atoms with E-state index in [0.29, 0.717) is 11.9 Å². The Kier molecular flexibility index (Phi) is 2.50. The molecular formula is C15H14N6. The molecule has 1 N–H and O–H groups in total. The van der Waals surface area contributed by atoms with E-state index in [2.05, 4.69) is 38.4 Å². The highest BCUT2D eigenvalue weighted by Crippen LogP contribution is 2.26. The summed E-state index contributed by atoms with van der Waals surface area (Å²) in [4.78, 5) is 20.6. The number of H-pyrrole nitrogens is 1. The van der Waals surface area contributed by atoms with Crippen LogP contribution in [0.1, 0.15) is 19.9 Å². The van der Waals surface area contributed by atoms with Crippen LogP contribution in [0, 0.1) is 0 Å². The van der Waals surface area contributed by atoms with Gasteiger partial charge in [0.05, 0.1) is 0 Å². The van der Waals surface area contributed by atoms with Crippen LogP contribution < -0.4 is 0 Å². The van der Waals surface area contributed by atoms with Crippen LogP contribution in [0.5, 0.6) is 0 Å². The van der Waals surface area contributed by atoms with Crippen LogP contribution >= 0.6 is 0 Å². The average molecular weight is 278 g/mol. The second-order valence-electron chi connectivity index (χ2n) is 5.28. The number of rotatable bonds is 2. The van der Waals surface area contributed by atoms with Crippen molar-refractivity contribution in [3.05, 3.63) is 37.2 Å². The maximum atomic E-state index is 4.73. The molecule has 104 valence electrons. The van der Waals surface area contributed by atoms with E-state index >= 15 is 0 Å². The molecule has 4 rings (SSSR count). The maximum absolute atomic E-state index is 4.73. The second-order valence-corrected chi connectivity index (χ2v) is 5.28. The van der Waals surface area contributed by atoms with Crippen LogP contribution in [-0.2, 0) is 0 Å². The summed E-state index contributed by atoms with van der Waals surface area (Å²) in [6.45, 7) is 4.28. The molecule has 0 aromatic carbocycles. The molecule has 6 heteroatoms. The normalized spacial score (nSPS) is 11.8. The first-order chi connectivity index (χ1) is 10.2. The number of hydrogen-bond acceptors (Lipinski definition) is 4. The van der Waals surface area contributed by atoms with Crippen molar-refractivity contribution < 1.29 is 0 Å². The van der Waals surface area contributed by atoms with E-state index in [9.17, 15) is 0 Å². The van der Waals surface area contributed by atoms with Crippen molar-refractivity contribution in [2.75, 3.05) is 0 Å². The molecule has 4 aromatic heterocycles. The third-order valence-corrected chi connectivity index (χ3v) is 3.61. The molecule has 0 atom stereocenters. The molecule has 0 saturated carbocycles. The predicted octanol–water partition coefficient (Wildman–Crippen LogP) is 2.95. The number of fused-ring (bicyclic) bond motifs is 2. The molecular weight excluding hydrogens is 264 g/mol. The molecule has 0 spiro atoms. The SMILES string of the molecule is CC(C)n1ccc2cnc(-c3c[nH]c4ncncc34)nc21. The summed E-state index contributed by atoms with van der Waals surface area (Å²) in [5, 5.41) is 1.98. The van der Waals surface area contributed by atoms with E-state index < -0.39 is 0 Å². The second kappa shape index (κ2) is 4.37. The molecule has 6 nitrogen and oxygen atoms in total. The van der Waals surface area contributed by atoms with Crippen LogP contribution in [0.2, 0.25) is 0 Å². The molecule has 21 heavy (non-hydrogen) atoms. The predicted molar refractivity (Wildman–Crippen MR) is 80.8 cm³/mol. The molecule has 0 fully saturated rings. The quantitative estimate of drug-likeness (QED) is 0.612. The summed E-state index contributed by atoms with van der Waals surface area (Å²) < 4.78 is 2.14. The first-order valence-corrected chi connectivity index (χ1v) is 6.85. The Hall–Kier alpha value is -2.76. The van der Waals surface area contributed by atoms with Gasteiger partial charge in [-0.3, -0.25) is 0 Å². The summed E-state index contributed by atoms with van der Waals surface area (Å²) >= 11 is 0. The van der Waals surface area contributed by atoms with E-state index in [0.717, 1.165) is 27.6 Å². The highest BCUT2D eigenvalue weighted by molar-refractivity contribution is 5.91. The standard InChI is InChI=1S/C15H14N6/c1-9(2)21-4-3-10-5-17-14(20-15(10)21)12-7-18-13-11(12)6-16-8-19-13/h3-9H,1-2H3,(H,16,18,19). The van der Waals surface area contributed by atoms with Crippen LogP contribution in [0.4, 0.5) is 0 Å². The molecule has 0 aliphatic carbocycles. The van der Waals surface area contributed by atoms with Crippen molar-refractivity contribution in [2.45, 2.75) is 19.9 Å². The Balaban J connectivity index is 1.96. The van der Waals surface area contributed by atoms with Gasteiger partial charge in [-0.1, -0.05) is 0 Å². The Morgan fingerprint density at radius 3 is 2.95 bits per heavy atom. The van der Waals surface area contributed by atoms with Crippen molar-refractivity contribution in [1.29, 1.82) is 0 Å². The lowest BCUT2D eigenvalue weighted by molar-refractivity contribution is 0.618. The lowest BCUT2D eigenvalue weighted by Crippen LogP contribution is -2.00. The molecule has 0 amide bonds. The molecule has 0 bridgehead atoms. The van der Waals surface area contributed by atoms with Crippen LogP contribution in [-0.4, -0.2) is 29.5 Å². The Morgan fingerprint density at radius 2 is 2.10 bits per heavy atom. The van der Waals surface area contributed by atoms with Gasteiger partial charge in [-0.05, 0) is 19.9 Å². The van der Waals surface area contributed by atoms with Crippen molar-refractivity contribution in [1.82, 2.24) is 29.5 Å². The van der Waals surface area contributed by atoms with Gasteiger partial charge < -0.3 is 9.55 Å². The third kappa shape index (κ3) is 1.79. The van der Waals surface area contributed by atoms with Gasteiger partial charge in [-0.15, -0.1) is 0 Å². The minimum absolute atomic E-state index is 0.358. The molecule has 4 aromatic rings. The lowest BCUT2D eigenvalue weighted by Gasteiger charge is -2.08. The Morgan fingerprint density at radius 1 is 1.19 bits per heavy atom. The van der Waals surface area contributed by atoms with Crippen molar-refractivity contribution in [2.24, 2.45) is 0 Å². The van der Waals surface area contributed by atoms with Gasteiger partial charge in [0.1, 0.15) is 17.6 Å². The van der Waals surface area contributed by atoms with Crippen LogP contribution in [0.25, 0.3) is 33.5 Å². The van der Waals surface area contributed by atoms with E-state index in [4.69, 9.17) is 4.98 Å². The first kappa shape index (κ1) is 12.0. The van der Waals surface area contributed by atoms with Crippen molar-refractivity contribution in [3.63, 3.8) is 0 Å².